The van der Waals surface area contributed by atoms with Crippen molar-refractivity contribution in [1.29, 1.82) is 0 Å². The van der Waals surface area contributed by atoms with Crippen molar-refractivity contribution >= 4 is 5.97 Å². The van der Waals surface area contributed by atoms with E-state index in [4.69, 9.17) is 4.74 Å². The van der Waals surface area contributed by atoms with Crippen LogP contribution in [0.5, 0.6) is 0 Å². The Kier molecular flexibility index (Phi) is 5.31. The first kappa shape index (κ1) is 16.8. The van der Waals surface area contributed by atoms with Gasteiger partial charge in [0.05, 0.1) is 11.5 Å². The van der Waals surface area contributed by atoms with Crippen LogP contribution in [0.25, 0.3) is 0 Å². The van der Waals surface area contributed by atoms with Crippen molar-refractivity contribution < 1.29 is 14.6 Å². The standard InChI is InChI=1S/C17H31NO3/c1-12(2)15-10-14(7-9-21-15)18-8-5-6-13(11-18)17(3,4)16(19)20/h12-15H,5-11H2,1-4H3,(H,19,20). The maximum Gasteiger partial charge on any atom is 0.309 e. The second-order valence-electron chi connectivity index (χ2n) is 7.69. The van der Waals surface area contributed by atoms with Gasteiger partial charge in [-0.15, -0.1) is 0 Å². The highest BCUT2D eigenvalue weighted by Crippen LogP contribution is 2.36. The highest BCUT2D eigenvalue weighted by molar-refractivity contribution is 5.74. The largest absolute Gasteiger partial charge is 0.481 e. The highest BCUT2D eigenvalue weighted by atomic mass is 16.5. The minimum atomic E-state index is -0.665. The van der Waals surface area contributed by atoms with Crippen LogP contribution in [-0.2, 0) is 9.53 Å². The van der Waals surface area contributed by atoms with Gasteiger partial charge in [-0.2, -0.15) is 0 Å². The zero-order valence-corrected chi connectivity index (χ0v) is 14.0. The van der Waals surface area contributed by atoms with Crippen molar-refractivity contribution in [2.75, 3.05) is 19.7 Å². The molecule has 2 heterocycles. The number of nitrogens with zero attached hydrogens (tertiary/aromatic N) is 1. The summed E-state index contributed by atoms with van der Waals surface area (Å²) in [4.78, 5) is 14.0. The Hall–Kier alpha value is -0.610. The zero-order valence-electron chi connectivity index (χ0n) is 14.0. The average molecular weight is 297 g/mol. The van der Waals surface area contributed by atoms with E-state index in [1.54, 1.807) is 0 Å². The summed E-state index contributed by atoms with van der Waals surface area (Å²) in [6.07, 6.45) is 4.69. The quantitative estimate of drug-likeness (QED) is 0.866. The molecule has 0 radical (unpaired) electrons. The highest BCUT2D eigenvalue weighted by Gasteiger charge is 2.41. The third-order valence-corrected chi connectivity index (χ3v) is 5.57. The molecule has 0 aromatic heterocycles. The fraction of sp³-hybridized carbons (Fsp3) is 0.941. The molecule has 122 valence electrons. The molecular weight excluding hydrogens is 266 g/mol. The molecule has 0 aliphatic carbocycles. The summed E-state index contributed by atoms with van der Waals surface area (Å²) in [6, 6.07) is 0.568. The van der Waals surface area contributed by atoms with E-state index in [0.717, 1.165) is 45.4 Å². The average Bonchev–Trinajstić information content (AvgIpc) is 2.47. The number of carboxylic acid groups (broad SMARTS) is 1. The minimum Gasteiger partial charge on any atom is -0.481 e. The number of rotatable bonds is 4. The van der Waals surface area contributed by atoms with Crippen molar-refractivity contribution in [3.63, 3.8) is 0 Å². The van der Waals surface area contributed by atoms with Crippen molar-refractivity contribution in [2.24, 2.45) is 17.3 Å². The normalized spacial score (nSPS) is 32.3. The second kappa shape index (κ2) is 6.66. The van der Waals surface area contributed by atoms with E-state index in [-0.39, 0.29) is 5.92 Å². The van der Waals surface area contributed by atoms with Gasteiger partial charge in [0.2, 0.25) is 0 Å². The fourth-order valence-electron chi connectivity index (χ4n) is 3.71. The Morgan fingerprint density at radius 2 is 2.05 bits per heavy atom. The lowest BCUT2D eigenvalue weighted by molar-refractivity contribution is -0.152. The van der Waals surface area contributed by atoms with E-state index < -0.39 is 11.4 Å². The number of ether oxygens (including phenoxy) is 1. The van der Waals surface area contributed by atoms with Crippen molar-refractivity contribution in [1.82, 2.24) is 4.90 Å². The number of aliphatic carboxylic acids is 1. The van der Waals surface area contributed by atoms with E-state index >= 15 is 0 Å². The molecule has 0 saturated carbocycles. The van der Waals surface area contributed by atoms with Crippen molar-refractivity contribution in [3.8, 4) is 0 Å². The Morgan fingerprint density at radius 3 is 2.67 bits per heavy atom. The number of hydrogen-bond acceptors (Lipinski definition) is 3. The third-order valence-electron chi connectivity index (χ3n) is 5.57. The summed E-state index contributed by atoms with van der Waals surface area (Å²) < 4.78 is 5.87. The molecule has 4 heteroatoms. The molecule has 0 aromatic carbocycles. The molecule has 2 aliphatic rings. The monoisotopic (exact) mass is 297 g/mol. The number of carbonyl (C=O) groups is 1. The topological polar surface area (TPSA) is 49.8 Å². The predicted octanol–water partition coefficient (Wildman–Crippen LogP) is 3.01. The molecule has 3 atom stereocenters. The van der Waals surface area contributed by atoms with Crippen LogP contribution in [0.2, 0.25) is 0 Å². The van der Waals surface area contributed by atoms with Gasteiger partial charge in [0.25, 0.3) is 0 Å². The van der Waals surface area contributed by atoms with Gasteiger partial charge in [-0.25, -0.2) is 0 Å². The number of hydrogen-bond donors (Lipinski definition) is 1. The second-order valence-corrected chi connectivity index (χ2v) is 7.69. The lowest BCUT2D eigenvalue weighted by atomic mass is 9.74. The first-order valence-corrected chi connectivity index (χ1v) is 8.41. The van der Waals surface area contributed by atoms with E-state index in [9.17, 15) is 9.90 Å². The molecule has 0 aromatic rings. The first-order chi connectivity index (χ1) is 9.82. The van der Waals surface area contributed by atoms with Gasteiger partial charge >= 0.3 is 5.97 Å². The summed E-state index contributed by atoms with van der Waals surface area (Å²) in [5.41, 5.74) is -0.624. The van der Waals surface area contributed by atoms with Crippen molar-refractivity contribution in [3.05, 3.63) is 0 Å². The van der Waals surface area contributed by atoms with E-state index in [1.807, 2.05) is 13.8 Å². The number of piperidine rings is 1. The third kappa shape index (κ3) is 3.78. The summed E-state index contributed by atoms with van der Waals surface area (Å²) in [7, 11) is 0. The Labute approximate surface area is 128 Å². The molecule has 0 amide bonds. The van der Waals surface area contributed by atoms with Gasteiger partial charge in [-0.3, -0.25) is 9.69 Å². The van der Waals surface area contributed by atoms with Crippen LogP contribution in [0.3, 0.4) is 0 Å². The maximum atomic E-state index is 11.5. The van der Waals surface area contributed by atoms with Gasteiger partial charge in [0, 0.05) is 19.2 Å². The summed E-state index contributed by atoms with van der Waals surface area (Å²) >= 11 is 0. The number of likely N-dealkylation sites (tertiary alicyclic amines) is 1. The van der Waals surface area contributed by atoms with Crippen molar-refractivity contribution in [2.45, 2.75) is 65.5 Å². The summed E-state index contributed by atoms with van der Waals surface area (Å²) in [5.74, 6) is 0.148. The molecule has 2 rings (SSSR count). The van der Waals surface area contributed by atoms with Crippen LogP contribution in [0.1, 0.15) is 53.4 Å². The van der Waals surface area contributed by atoms with E-state index in [0.29, 0.717) is 18.1 Å². The first-order valence-electron chi connectivity index (χ1n) is 8.41. The molecule has 1 N–H and O–H groups in total. The predicted molar refractivity (Wildman–Crippen MR) is 83.3 cm³/mol. The minimum absolute atomic E-state index is 0.254. The fourth-order valence-corrected chi connectivity index (χ4v) is 3.71. The molecule has 0 spiro atoms. The molecule has 0 bridgehead atoms. The van der Waals surface area contributed by atoms with Crippen LogP contribution in [-0.4, -0.2) is 47.8 Å². The Balaban J connectivity index is 1.99. The number of carboxylic acids is 1. The van der Waals surface area contributed by atoms with Gasteiger partial charge < -0.3 is 9.84 Å². The summed E-state index contributed by atoms with van der Waals surface area (Å²) in [5, 5.41) is 9.47. The van der Waals surface area contributed by atoms with Gasteiger partial charge in [-0.05, 0) is 57.9 Å². The molecular formula is C17H31NO3. The molecule has 2 fully saturated rings. The van der Waals surface area contributed by atoms with Crippen LogP contribution in [0, 0.1) is 17.3 Å². The van der Waals surface area contributed by atoms with Crippen LogP contribution >= 0.6 is 0 Å². The SMILES string of the molecule is CC(C)C1CC(N2CCCC(C(C)(C)C(=O)O)C2)CCO1. The molecule has 21 heavy (non-hydrogen) atoms. The zero-order chi connectivity index (χ0) is 15.6. The smallest absolute Gasteiger partial charge is 0.309 e. The van der Waals surface area contributed by atoms with Crippen LogP contribution in [0.4, 0.5) is 0 Å². The van der Waals surface area contributed by atoms with Crippen LogP contribution < -0.4 is 0 Å². The van der Waals surface area contributed by atoms with Gasteiger partial charge in [0.1, 0.15) is 0 Å². The van der Waals surface area contributed by atoms with Gasteiger partial charge in [0.15, 0.2) is 0 Å². The Bertz CT molecular complexity index is 367. The van der Waals surface area contributed by atoms with Crippen LogP contribution in [0.15, 0.2) is 0 Å². The molecule has 4 nitrogen and oxygen atoms in total. The lowest BCUT2D eigenvalue weighted by Crippen LogP contribution is -2.51. The molecule has 2 saturated heterocycles. The lowest BCUT2D eigenvalue weighted by Gasteiger charge is -2.45. The Morgan fingerprint density at radius 1 is 1.33 bits per heavy atom. The summed E-state index contributed by atoms with van der Waals surface area (Å²) in [6.45, 7) is 11.1. The van der Waals surface area contributed by atoms with Gasteiger partial charge in [-0.1, -0.05) is 13.8 Å². The van der Waals surface area contributed by atoms with E-state index in [1.165, 1.54) is 0 Å². The van der Waals surface area contributed by atoms with E-state index in [2.05, 4.69) is 18.7 Å². The maximum absolute atomic E-state index is 11.5. The molecule has 2 aliphatic heterocycles. The molecule has 3 unspecified atom stereocenters.